The van der Waals surface area contributed by atoms with Crippen LogP contribution in [0.25, 0.3) is 0 Å². The van der Waals surface area contributed by atoms with Crippen LogP contribution in [0, 0.1) is 5.92 Å². The van der Waals surface area contributed by atoms with Crippen LogP contribution in [0.3, 0.4) is 0 Å². The smallest absolute Gasteiger partial charge is 0.0254 e. The topological polar surface area (TPSA) is 18.5 Å². The standard InChI is InChI=1S/C15H33N3/c1-7-8-13(3)16-9-14(4)18-10-12(2)15(11-18)17(5)6/h12-16H,7-11H2,1-6H3. The fourth-order valence-electron chi connectivity index (χ4n) is 3.05. The van der Waals surface area contributed by atoms with E-state index in [4.69, 9.17) is 0 Å². The molecule has 3 heteroatoms. The number of likely N-dealkylation sites (tertiary alicyclic amines) is 1. The Morgan fingerprint density at radius 2 is 1.94 bits per heavy atom. The summed E-state index contributed by atoms with van der Waals surface area (Å²) in [5, 5.41) is 3.66. The largest absolute Gasteiger partial charge is 0.313 e. The van der Waals surface area contributed by atoms with Crippen molar-refractivity contribution in [2.24, 2.45) is 5.92 Å². The van der Waals surface area contributed by atoms with Crippen molar-refractivity contribution in [2.45, 2.75) is 58.7 Å². The molecule has 3 nitrogen and oxygen atoms in total. The van der Waals surface area contributed by atoms with Gasteiger partial charge in [-0.3, -0.25) is 4.90 Å². The molecular weight excluding hydrogens is 222 g/mol. The SMILES string of the molecule is CCCC(C)NCC(C)N1CC(C)C(N(C)C)C1. The van der Waals surface area contributed by atoms with Gasteiger partial charge in [0.25, 0.3) is 0 Å². The van der Waals surface area contributed by atoms with Crippen molar-refractivity contribution in [1.29, 1.82) is 0 Å². The minimum atomic E-state index is 0.650. The fraction of sp³-hybridized carbons (Fsp3) is 1.00. The van der Waals surface area contributed by atoms with Crippen molar-refractivity contribution in [3.8, 4) is 0 Å². The van der Waals surface area contributed by atoms with Crippen LogP contribution in [-0.2, 0) is 0 Å². The highest BCUT2D eigenvalue weighted by Gasteiger charge is 2.33. The van der Waals surface area contributed by atoms with Gasteiger partial charge in [-0.2, -0.15) is 0 Å². The number of hydrogen-bond acceptors (Lipinski definition) is 3. The van der Waals surface area contributed by atoms with Crippen molar-refractivity contribution >= 4 is 0 Å². The van der Waals surface area contributed by atoms with Crippen LogP contribution in [0.15, 0.2) is 0 Å². The molecule has 0 aromatic carbocycles. The Bertz CT molecular complexity index is 230. The summed E-state index contributed by atoms with van der Waals surface area (Å²) < 4.78 is 0. The maximum atomic E-state index is 3.66. The Hall–Kier alpha value is -0.120. The lowest BCUT2D eigenvalue weighted by Crippen LogP contribution is -2.43. The molecule has 1 aliphatic heterocycles. The molecule has 18 heavy (non-hydrogen) atoms. The zero-order valence-electron chi connectivity index (χ0n) is 13.2. The van der Waals surface area contributed by atoms with Gasteiger partial charge in [0.1, 0.15) is 0 Å². The van der Waals surface area contributed by atoms with Crippen molar-refractivity contribution in [1.82, 2.24) is 15.1 Å². The molecule has 0 amide bonds. The van der Waals surface area contributed by atoms with E-state index in [2.05, 4.69) is 56.9 Å². The van der Waals surface area contributed by atoms with Crippen LogP contribution >= 0.6 is 0 Å². The Balaban J connectivity index is 2.33. The Morgan fingerprint density at radius 3 is 2.44 bits per heavy atom. The summed E-state index contributed by atoms with van der Waals surface area (Å²) in [5.41, 5.74) is 0. The van der Waals surface area contributed by atoms with E-state index in [1.807, 2.05) is 0 Å². The molecule has 1 N–H and O–H groups in total. The number of nitrogens with zero attached hydrogens (tertiary/aromatic N) is 2. The minimum Gasteiger partial charge on any atom is -0.313 e. The van der Waals surface area contributed by atoms with E-state index in [-0.39, 0.29) is 0 Å². The van der Waals surface area contributed by atoms with Crippen molar-refractivity contribution in [2.75, 3.05) is 33.7 Å². The highest BCUT2D eigenvalue weighted by atomic mass is 15.3. The van der Waals surface area contributed by atoms with Gasteiger partial charge in [0.05, 0.1) is 0 Å². The molecule has 1 heterocycles. The van der Waals surface area contributed by atoms with Crippen LogP contribution in [0.5, 0.6) is 0 Å². The third kappa shape index (κ3) is 4.52. The first-order valence-corrected chi connectivity index (χ1v) is 7.59. The Morgan fingerprint density at radius 1 is 1.28 bits per heavy atom. The lowest BCUT2D eigenvalue weighted by Gasteiger charge is -2.27. The zero-order valence-corrected chi connectivity index (χ0v) is 13.2. The molecule has 0 aromatic heterocycles. The maximum Gasteiger partial charge on any atom is 0.0254 e. The second-order valence-corrected chi connectivity index (χ2v) is 6.41. The molecular formula is C15H33N3. The van der Waals surface area contributed by atoms with Gasteiger partial charge in [0, 0.05) is 37.8 Å². The summed E-state index contributed by atoms with van der Waals surface area (Å²) in [6.07, 6.45) is 2.55. The summed E-state index contributed by atoms with van der Waals surface area (Å²) >= 11 is 0. The molecule has 0 aromatic rings. The summed E-state index contributed by atoms with van der Waals surface area (Å²) in [5.74, 6) is 0.788. The summed E-state index contributed by atoms with van der Waals surface area (Å²) in [6, 6.07) is 2.03. The zero-order chi connectivity index (χ0) is 13.7. The van der Waals surface area contributed by atoms with Crippen LogP contribution in [0.2, 0.25) is 0 Å². The quantitative estimate of drug-likeness (QED) is 0.751. The first-order chi connectivity index (χ1) is 8.45. The third-order valence-corrected chi connectivity index (χ3v) is 4.37. The molecule has 1 aliphatic rings. The van der Waals surface area contributed by atoms with Gasteiger partial charge in [-0.1, -0.05) is 20.3 Å². The van der Waals surface area contributed by atoms with E-state index in [1.165, 1.54) is 25.9 Å². The van der Waals surface area contributed by atoms with E-state index < -0.39 is 0 Å². The fourth-order valence-corrected chi connectivity index (χ4v) is 3.05. The second kappa shape index (κ2) is 7.46. The van der Waals surface area contributed by atoms with Gasteiger partial charge in [-0.15, -0.1) is 0 Å². The molecule has 0 aliphatic carbocycles. The molecule has 0 radical (unpaired) electrons. The minimum absolute atomic E-state index is 0.650. The second-order valence-electron chi connectivity index (χ2n) is 6.41. The van der Waals surface area contributed by atoms with Crippen LogP contribution in [0.4, 0.5) is 0 Å². The Kier molecular flexibility index (Phi) is 6.61. The number of likely N-dealkylation sites (N-methyl/N-ethyl adjacent to an activating group) is 1. The normalized spacial score (nSPS) is 28.8. The molecule has 4 atom stereocenters. The van der Waals surface area contributed by atoms with E-state index in [9.17, 15) is 0 Å². The van der Waals surface area contributed by atoms with Crippen LogP contribution in [-0.4, -0.2) is 61.7 Å². The lowest BCUT2D eigenvalue weighted by atomic mass is 10.1. The monoisotopic (exact) mass is 255 g/mol. The highest BCUT2D eigenvalue weighted by molar-refractivity contribution is 4.89. The number of rotatable bonds is 7. The van der Waals surface area contributed by atoms with E-state index in [0.29, 0.717) is 12.1 Å². The first-order valence-electron chi connectivity index (χ1n) is 7.59. The van der Waals surface area contributed by atoms with Gasteiger partial charge in [0.15, 0.2) is 0 Å². The molecule has 0 saturated carbocycles. The third-order valence-electron chi connectivity index (χ3n) is 4.37. The predicted octanol–water partition coefficient (Wildman–Crippen LogP) is 2.04. The van der Waals surface area contributed by atoms with Gasteiger partial charge >= 0.3 is 0 Å². The van der Waals surface area contributed by atoms with Gasteiger partial charge < -0.3 is 10.2 Å². The van der Waals surface area contributed by atoms with Gasteiger partial charge in [-0.05, 0) is 40.3 Å². The molecule has 1 rings (SSSR count). The van der Waals surface area contributed by atoms with E-state index in [0.717, 1.165) is 18.5 Å². The molecule has 0 spiro atoms. The molecule has 1 fully saturated rings. The summed E-state index contributed by atoms with van der Waals surface area (Å²) in [4.78, 5) is 5.02. The van der Waals surface area contributed by atoms with Crippen molar-refractivity contribution in [3.63, 3.8) is 0 Å². The molecule has 0 bridgehead atoms. The average Bonchev–Trinajstić information content (AvgIpc) is 2.69. The molecule has 1 saturated heterocycles. The average molecular weight is 255 g/mol. The highest BCUT2D eigenvalue weighted by Crippen LogP contribution is 2.21. The van der Waals surface area contributed by atoms with E-state index in [1.54, 1.807) is 0 Å². The van der Waals surface area contributed by atoms with Crippen LogP contribution < -0.4 is 5.32 Å². The molecule has 4 unspecified atom stereocenters. The van der Waals surface area contributed by atoms with Crippen molar-refractivity contribution < 1.29 is 0 Å². The summed E-state index contributed by atoms with van der Waals surface area (Å²) in [6.45, 7) is 12.9. The summed E-state index contributed by atoms with van der Waals surface area (Å²) in [7, 11) is 4.41. The van der Waals surface area contributed by atoms with Crippen LogP contribution in [0.1, 0.15) is 40.5 Å². The number of nitrogens with one attached hydrogen (secondary N) is 1. The lowest BCUT2D eigenvalue weighted by molar-refractivity contribution is 0.217. The molecule has 108 valence electrons. The van der Waals surface area contributed by atoms with E-state index >= 15 is 0 Å². The first kappa shape index (κ1) is 15.9. The Labute approximate surface area is 114 Å². The predicted molar refractivity (Wildman–Crippen MR) is 80.0 cm³/mol. The van der Waals surface area contributed by atoms with Gasteiger partial charge in [0.2, 0.25) is 0 Å². The maximum absolute atomic E-state index is 3.66. The van der Waals surface area contributed by atoms with Gasteiger partial charge in [-0.25, -0.2) is 0 Å². The number of hydrogen-bond donors (Lipinski definition) is 1. The van der Waals surface area contributed by atoms with Crippen molar-refractivity contribution in [3.05, 3.63) is 0 Å².